The number of nitrogens with two attached hydrogens (primary N) is 1. The number of ether oxygens (including phenoxy) is 1. The Morgan fingerprint density at radius 2 is 2.20 bits per heavy atom. The maximum absolute atomic E-state index is 9.69. The van der Waals surface area contributed by atoms with E-state index >= 15 is 0 Å². The molecule has 3 nitrogen and oxygen atoms in total. The Morgan fingerprint density at radius 1 is 1.60 bits per heavy atom. The minimum Gasteiger partial charge on any atom is -0.504 e. The summed E-state index contributed by atoms with van der Waals surface area (Å²) in [6, 6.07) is 1.49. The molecule has 0 aliphatic rings. The van der Waals surface area contributed by atoms with Crippen LogP contribution in [0, 0.1) is 6.92 Å². The summed E-state index contributed by atoms with van der Waals surface area (Å²) in [6.07, 6.45) is 0. The van der Waals surface area contributed by atoms with E-state index in [4.69, 9.17) is 22.1 Å². The highest BCUT2D eigenvalue weighted by Crippen LogP contribution is 2.40. The van der Waals surface area contributed by atoms with Crippen LogP contribution in [0.2, 0.25) is 5.02 Å². The van der Waals surface area contributed by atoms with Crippen molar-refractivity contribution >= 4 is 11.6 Å². The van der Waals surface area contributed by atoms with Crippen LogP contribution in [-0.2, 0) is 0 Å². The third-order valence-electron chi connectivity index (χ3n) is 2.55. The first kappa shape index (κ1) is 12.1. The largest absolute Gasteiger partial charge is 0.504 e. The standard InChI is InChI=1S/C11H16ClNO2/c1-6(5-13)10-7(2)8(12)4-9(14)11(10)15-3/h4,6,14H,5,13H2,1-3H3. The first-order chi connectivity index (χ1) is 7.02. The summed E-state index contributed by atoms with van der Waals surface area (Å²) >= 11 is 5.99. The van der Waals surface area contributed by atoms with Crippen molar-refractivity contribution in [2.24, 2.45) is 5.73 Å². The van der Waals surface area contributed by atoms with Crippen molar-refractivity contribution in [2.45, 2.75) is 19.8 Å². The lowest BCUT2D eigenvalue weighted by Crippen LogP contribution is -2.11. The lowest BCUT2D eigenvalue weighted by Gasteiger charge is -2.18. The number of aromatic hydroxyl groups is 1. The lowest BCUT2D eigenvalue weighted by atomic mass is 9.95. The number of rotatable bonds is 3. The number of hydrogen-bond acceptors (Lipinski definition) is 3. The number of methoxy groups -OCH3 is 1. The van der Waals surface area contributed by atoms with Crippen molar-refractivity contribution in [1.29, 1.82) is 0 Å². The summed E-state index contributed by atoms with van der Waals surface area (Å²) in [4.78, 5) is 0. The zero-order valence-corrected chi connectivity index (χ0v) is 9.93. The molecule has 15 heavy (non-hydrogen) atoms. The van der Waals surface area contributed by atoms with Gasteiger partial charge in [-0.2, -0.15) is 0 Å². The molecular weight excluding hydrogens is 214 g/mol. The number of hydrogen-bond donors (Lipinski definition) is 2. The van der Waals surface area contributed by atoms with E-state index in [0.717, 1.165) is 11.1 Å². The Bertz CT molecular complexity index is 366. The van der Waals surface area contributed by atoms with Crippen LogP contribution in [0.4, 0.5) is 0 Å². The summed E-state index contributed by atoms with van der Waals surface area (Å²) in [7, 11) is 1.52. The van der Waals surface area contributed by atoms with Crippen LogP contribution in [0.1, 0.15) is 24.0 Å². The van der Waals surface area contributed by atoms with Gasteiger partial charge in [0, 0.05) is 16.7 Å². The zero-order chi connectivity index (χ0) is 11.6. The van der Waals surface area contributed by atoms with E-state index in [0.29, 0.717) is 17.3 Å². The van der Waals surface area contributed by atoms with E-state index in [1.807, 2.05) is 13.8 Å². The molecule has 0 radical (unpaired) electrons. The fourth-order valence-electron chi connectivity index (χ4n) is 1.66. The molecule has 0 spiro atoms. The molecule has 3 N–H and O–H groups in total. The average molecular weight is 230 g/mol. The lowest BCUT2D eigenvalue weighted by molar-refractivity contribution is 0.366. The molecule has 0 saturated heterocycles. The van der Waals surface area contributed by atoms with Crippen molar-refractivity contribution in [3.8, 4) is 11.5 Å². The summed E-state index contributed by atoms with van der Waals surface area (Å²) in [5, 5.41) is 10.2. The van der Waals surface area contributed by atoms with Crippen LogP contribution in [0.15, 0.2) is 6.07 Å². The summed E-state index contributed by atoms with van der Waals surface area (Å²) in [6.45, 7) is 4.35. The van der Waals surface area contributed by atoms with Gasteiger partial charge in [-0.3, -0.25) is 0 Å². The van der Waals surface area contributed by atoms with Gasteiger partial charge in [0.2, 0.25) is 0 Å². The Kier molecular flexibility index (Phi) is 3.83. The van der Waals surface area contributed by atoms with Gasteiger partial charge in [0.05, 0.1) is 7.11 Å². The van der Waals surface area contributed by atoms with E-state index in [2.05, 4.69) is 0 Å². The second-order valence-electron chi connectivity index (χ2n) is 3.59. The maximum atomic E-state index is 9.69. The van der Waals surface area contributed by atoms with Gasteiger partial charge in [-0.1, -0.05) is 18.5 Å². The topological polar surface area (TPSA) is 55.5 Å². The molecule has 0 bridgehead atoms. The van der Waals surface area contributed by atoms with Gasteiger partial charge in [0.15, 0.2) is 11.5 Å². The number of benzene rings is 1. The zero-order valence-electron chi connectivity index (χ0n) is 9.17. The first-order valence-corrected chi connectivity index (χ1v) is 5.16. The fraction of sp³-hybridized carbons (Fsp3) is 0.455. The third kappa shape index (κ3) is 2.19. The molecule has 84 valence electrons. The molecule has 4 heteroatoms. The Labute approximate surface area is 94.8 Å². The van der Waals surface area contributed by atoms with Crippen LogP contribution < -0.4 is 10.5 Å². The summed E-state index contributed by atoms with van der Waals surface area (Å²) in [5.41, 5.74) is 7.40. The molecule has 0 fully saturated rings. The summed E-state index contributed by atoms with van der Waals surface area (Å²) < 4.78 is 5.17. The molecule has 0 aromatic heterocycles. The van der Waals surface area contributed by atoms with E-state index < -0.39 is 0 Å². The number of halogens is 1. The van der Waals surface area contributed by atoms with Crippen LogP contribution in [0.3, 0.4) is 0 Å². The Morgan fingerprint density at radius 3 is 2.67 bits per heavy atom. The highest BCUT2D eigenvalue weighted by Gasteiger charge is 2.19. The first-order valence-electron chi connectivity index (χ1n) is 4.78. The molecule has 1 atom stereocenters. The van der Waals surface area contributed by atoms with Gasteiger partial charge < -0.3 is 15.6 Å². The van der Waals surface area contributed by atoms with Gasteiger partial charge in [-0.25, -0.2) is 0 Å². The molecule has 1 aromatic rings. The normalized spacial score (nSPS) is 12.6. The molecule has 0 amide bonds. The fourth-order valence-corrected chi connectivity index (χ4v) is 1.86. The second-order valence-corrected chi connectivity index (χ2v) is 3.99. The molecule has 0 saturated carbocycles. The molecular formula is C11H16ClNO2. The predicted octanol–water partition coefficient (Wildman–Crippen LogP) is 2.42. The molecule has 0 aliphatic heterocycles. The quantitative estimate of drug-likeness (QED) is 0.837. The molecule has 1 unspecified atom stereocenters. The van der Waals surface area contributed by atoms with E-state index in [9.17, 15) is 5.11 Å². The summed E-state index contributed by atoms with van der Waals surface area (Å²) in [5.74, 6) is 0.628. The van der Waals surface area contributed by atoms with Gasteiger partial charge in [-0.15, -0.1) is 0 Å². The van der Waals surface area contributed by atoms with Crippen LogP contribution in [0.25, 0.3) is 0 Å². The van der Waals surface area contributed by atoms with Gasteiger partial charge >= 0.3 is 0 Å². The van der Waals surface area contributed by atoms with Crippen molar-refractivity contribution in [3.05, 3.63) is 22.2 Å². The van der Waals surface area contributed by atoms with Crippen molar-refractivity contribution < 1.29 is 9.84 Å². The Balaban J connectivity index is 3.43. The van der Waals surface area contributed by atoms with Gasteiger partial charge in [0.1, 0.15) is 0 Å². The molecule has 0 aliphatic carbocycles. The van der Waals surface area contributed by atoms with Gasteiger partial charge in [0.25, 0.3) is 0 Å². The van der Waals surface area contributed by atoms with E-state index in [-0.39, 0.29) is 11.7 Å². The minimum absolute atomic E-state index is 0.0587. The second kappa shape index (κ2) is 4.73. The predicted molar refractivity (Wildman–Crippen MR) is 61.9 cm³/mol. The van der Waals surface area contributed by atoms with Crippen molar-refractivity contribution in [3.63, 3.8) is 0 Å². The minimum atomic E-state index is 0.0587. The SMILES string of the molecule is COc1c(O)cc(Cl)c(C)c1C(C)CN. The van der Waals surface area contributed by atoms with Gasteiger partial charge in [-0.05, 0) is 24.9 Å². The van der Waals surface area contributed by atoms with Crippen molar-refractivity contribution in [1.82, 2.24) is 0 Å². The van der Waals surface area contributed by atoms with E-state index in [1.54, 1.807) is 0 Å². The maximum Gasteiger partial charge on any atom is 0.164 e. The Hall–Kier alpha value is -0.930. The number of phenolic OH excluding ortho intramolecular Hbond substituents is 1. The third-order valence-corrected chi connectivity index (χ3v) is 2.95. The van der Waals surface area contributed by atoms with Crippen LogP contribution in [0.5, 0.6) is 11.5 Å². The highest BCUT2D eigenvalue weighted by molar-refractivity contribution is 6.31. The number of phenols is 1. The van der Waals surface area contributed by atoms with Crippen LogP contribution >= 0.6 is 11.6 Å². The van der Waals surface area contributed by atoms with Crippen molar-refractivity contribution in [2.75, 3.05) is 13.7 Å². The smallest absolute Gasteiger partial charge is 0.164 e. The van der Waals surface area contributed by atoms with Crippen LogP contribution in [-0.4, -0.2) is 18.8 Å². The molecule has 0 heterocycles. The van der Waals surface area contributed by atoms with E-state index in [1.165, 1.54) is 13.2 Å². The average Bonchev–Trinajstić information content (AvgIpc) is 2.21. The monoisotopic (exact) mass is 229 g/mol. The molecule has 1 rings (SSSR count). The molecule has 1 aromatic carbocycles. The highest BCUT2D eigenvalue weighted by atomic mass is 35.5.